The summed E-state index contributed by atoms with van der Waals surface area (Å²) in [6, 6.07) is 6.67. The van der Waals surface area contributed by atoms with Crippen molar-refractivity contribution in [3.8, 4) is 0 Å². The molecule has 1 N–H and O–H groups in total. The van der Waals surface area contributed by atoms with E-state index < -0.39 is 41.8 Å². The van der Waals surface area contributed by atoms with Gasteiger partial charge in [-0.25, -0.2) is 0 Å². The van der Waals surface area contributed by atoms with Crippen LogP contribution in [-0.4, -0.2) is 54.5 Å². The Morgan fingerprint density at radius 2 is 1.46 bits per heavy atom. The molecule has 1 unspecified atom stereocenters. The van der Waals surface area contributed by atoms with Crippen LogP contribution < -0.4 is 5.32 Å². The van der Waals surface area contributed by atoms with Gasteiger partial charge in [-0.2, -0.15) is 26.3 Å². The average molecular weight is 624 g/mol. The highest BCUT2D eigenvalue weighted by atomic mass is 35.5. The number of rotatable bonds is 8. The number of carbonyl (C=O) groups is 1. The molecule has 41 heavy (non-hydrogen) atoms. The van der Waals surface area contributed by atoms with Crippen LogP contribution in [0.1, 0.15) is 66.7 Å². The lowest BCUT2D eigenvalue weighted by Gasteiger charge is -2.40. The van der Waals surface area contributed by atoms with Crippen LogP contribution in [0, 0.1) is 0 Å². The molecule has 2 aliphatic heterocycles. The van der Waals surface area contributed by atoms with Crippen LogP contribution >= 0.6 is 23.2 Å². The summed E-state index contributed by atoms with van der Waals surface area (Å²) in [5, 5.41) is 3.10. The maximum atomic E-state index is 13.4. The molecule has 2 aromatic rings. The minimum Gasteiger partial charge on any atom is -0.351 e. The van der Waals surface area contributed by atoms with Crippen molar-refractivity contribution in [1.29, 1.82) is 0 Å². The third kappa shape index (κ3) is 8.75. The molecule has 2 fully saturated rings. The normalized spacial score (nSPS) is 18.8. The van der Waals surface area contributed by atoms with E-state index in [4.69, 9.17) is 23.2 Å². The van der Waals surface area contributed by atoms with Crippen molar-refractivity contribution in [1.82, 2.24) is 15.1 Å². The number of carbonyl (C=O) groups excluding carboxylic acids is 1. The highest BCUT2D eigenvalue weighted by Crippen LogP contribution is 2.36. The number of piperidine rings is 2. The monoisotopic (exact) mass is 623 g/mol. The fourth-order valence-corrected chi connectivity index (χ4v) is 6.02. The fraction of sp³-hybridized carbons (Fsp3) is 0.552. The van der Waals surface area contributed by atoms with E-state index in [1.54, 1.807) is 18.2 Å². The van der Waals surface area contributed by atoms with Gasteiger partial charge in [-0.1, -0.05) is 35.7 Å². The van der Waals surface area contributed by atoms with E-state index in [0.717, 1.165) is 39.0 Å². The number of nitrogens with zero attached hydrogens (tertiary/aromatic N) is 2. The average Bonchev–Trinajstić information content (AvgIpc) is 2.93. The second kappa shape index (κ2) is 13.5. The molecule has 12 heteroatoms. The Morgan fingerprint density at radius 3 is 2.02 bits per heavy atom. The van der Waals surface area contributed by atoms with E-state index in [1.807, 2.05) is 0 Å². The molecule has 226 valence electrons. The molecule has 0 aromatic heterocycles. The fourth-order valence-electron chi connectivity index (χ4n) is 5.72. The molecule has 2 aromatic carbocycles. The topological polar surface area (TPSA) is 35.6 Å². The van der Waals surface area contributed by atoms with Gasteiger partial charge in [0.2, 0.25) is 5.91 Å². The Morgan fingerprint density at radius 1 is 0.854 bits per heavy atom. The maximum absolute atomic E-state index is 13.4. The molecule has 2 saturated heterocycles. The number of halogens is 8. The van der Waals surface area contributed by atoms with Crippen molar-refractivity contribution in [3.05, 3.63) is 68.7 Å². The first-order valence-electron chi connectivity index (χ1n) is 13.8. The Balaban J connectivity index is 1.44. The van der Waals surface area contributed by atoms with Gasteiger partial charge in [0.15, 0.2) is 0 Å². The van der Waals surface area contributed by atoms with Crippen LogP contribution in [0.3, 0.4) is 0 Å². The zero-order valence-corrected chi connectivity index (χ0v) is 23.9. The van der Waals surface area contributed by atoms with Gasteiger partial charge in [0.1, 0.15) is 0 Å². The van der Waals surface area contributed by atoms with Gasteiger partial charge in [0, 0.05) is 12.6 Å². The summed E-state index contributed by atoms with van der Waals surface area (Å²) >= 11 is 12.3. The van der Waals surface area contributed by atoms with Crippen molar-refractivity contribution < 1.29 is 31.1 Å². The van der Waals surface area contributed by atoms with Gasteiger partial charge in [-0.15, -0.1) is 0 Å². The summed E-state index contributed by atoms with van der Waals surface area (Å²) in [4.78, 5) is 18.2. The number of hydrogen-bond acceptors (Lipinski definition) is 3. The highest BCUT2D eigenvalue weighted by Gasteiger charge is 2.37. The molecule has 0 spiro atoms. The largest absolute Gasteiger partial charge is 0.416 e. The van der Waals surface area contributed by atoms with Crippen molar-refractivity contribution in [2.75, 3.05) is 32.7 Å². The number of nitrogens with one attached hydrogen (secondary N) is 1. The van der Waals surface area contributed by atoms with Crippen molar-refractivity contribution in [2.24, 2.45) is 0 Å². The lowest BCUT2D eigenvalue weighted by atomic mass is 9.93. The molecule has 0 aliphatic carbocycles. The van der Waals surface area contributed by atoms with Gasteiger partial charge in [-0.3, -0.25) is 4.79 Å². The first kappa shape index (κ1) is 31.9. The first-order valence-corrected chi connectivity index (χ1v) is 14.5. The van der Waals surface area contributed by atoms with E-state index in [2.05, 4.69) is 15.1 Å². The quantitative estimate of drug-likeness (QED) is 0.305. The second-order valence-electron chi connectivity index (χ2n) is 10.8. The second-order valence-corrected chi connectivity index (χ2v) is 11.6. The van der Waals surface area contributed by atoms with E-state index >= 15 is 0 Å². The number of likely N-dealkylation sites (tertiary alicyclic amines) is 2. The van der Waals surface area contributed by atoms with Crippen LogP contribution in [-0.2, 0) is 23.7 Å². The summed E-state index contributed by atoms with van der Waals surface area (Å²) in [7, 11) is 0. The molecule has 1 atom stereocenters. The summed E-state index contributed by atoms with van der Waals surface area (Å²) in [6.45, 7) is 4.17. The van der Waals surface area contributed by atoms with E-state index in [0.29, 0.717) is 41.7 Å². The Bertz CT molecular complexity index is 1160. The molecular weight excluding hydrogens is 591 g/mol. The summed E-state index contributed by atoms with van der Waals surface area (Å²) in [6.07, 6.45) is -3.70. The molecule has 2 heterocycles. The van der Waals surface area contributed by atoms with Crippen LogP contribution in [0.2, 0.25) is 10.0 Å². The van der Waals surface area contributed by atoms with Crippen molar-refractivity contribution >= 4 is 29.1 Å². The van der Waals surface area contributed by atoms with Crippen LogP contribution in [0.4, 0.5) is 26.3 Å². The van der Waals surface area contributed by atoms with Gasteiger partial charge in [0.25, 0.3) is 0 Å². The van der Waals surface area contributed by atoms with Crippen LogP contribution in [0.25, 0.3) is 0 Å². The van der Waals surface area contributed by atoms with E-state index in [1.165, 1.54) is 19.3 Å². The van der Waals surface area contributed by atoms with Crippen molar-refractivity contribution in [2.45, 2.75) is 69.4 Å². The van der Waals surface area contributed by atoms with Crippen LogP contribution in [0.5, 0.6) is 0 Å². The lowest BCUT2D eigenvalue weighted by Crippen LogP contribution is -2.47. The number of alkyl halides is 6. The molecule has 4 nitrogen and oxygen atoms in total. The molecule has 0 radical (unpaired) electrons. The minimum atomic E-state index is -4.97. The summed E-state index contributed by atoms with van der Waals surface area (Å²) in [5.41, 5.74) is -2.58. The molecule has 4 rings (SSSR count). The predicted octanol–water partition coefficient (Wildman–Crippen LogP) is 7.77. The SMILES string of the molecule is O=C(NCc1cc(C(F)(F)F)cc(C(F)(F)F)c1)C(CCN1CCC(N2CCCCC2)CC1)c1ccc(Cl)c(Cl)c1. The third-order valence-corrected chi connectivity index (χ3v) is 8.71. The zero-order valence-electron chi connectivity index (χ0n) is 22.4. The van der Waals surface area contributed by atoms with Gasteiger partial charge in [0.05, 0.1) is 27.1 Å². The smallest absolute Gasteiger partial charge is 0.351 e. The van der Waals surface area contributed by atoms with Crippen LogP contribution in [0.15, 0.2) is 36.4 Å². The van der Waals surface area contributed by atoms with Gasteiger partial charge >= 0.3 is 12.4 Å². The Labute approximate surface area is 246 Å². The number of amides is 1. The standard InChI is InChI=1S/C29H33Cl2F6N3O/c30-25-5-4-20(16-26(25)31)24(8-13-39-11-6-23(7-12-39)40-9-2-1-3-10-40)27(41)38-18-19-14-21(28(32,33)34)17-22(15-19)29(35,36)37/h4-5,14-17,23-24H,1-3,6-13,18H2,(H,38,41). The molecular formula is C29H33Cl2F6N3O. The Kier molecular flexibility index (Phi) is 10.5. The number of benzene rings is 2. The predicted molar refractivity (Wildman–Crippen MR) is 147 cm³/mol. The number of hydrogen-bond donors (Lipinski definition) is 1. The maximum Gasteiger partial charge on any atom is 0.416 e. The molecule has 1 amide bonds. The van der Waals surface area contributed by atoms with E-state index in [9.17, 15) is 31.1 Å². The summed E-state index contributed by atoms with van der Waals surface area (Å²) < 4.78 is 79.7. The molecule has 0 bridgehead atoms. The Hall–Kier alpha value is -2.01. The lowest BCUT2D eigenvalue weighted by molar-refractivity contribution is -0.143. The molecule has 0 saturated carbocycles. The minimum absolute atomic E-state index is 0.0678. The van der Waals surface area contributed by atoms with E-state index in [-0.39, 0.29) is 16.7 Å². The van der Waals surface area contributed by atoms with Gasteiger partial charge < -0.3 is 15.1 Å². The third-order valence-electron chi connectivity index (χ3n) is 7.97. The summed E-state index contributed by atoms with van der Waals surface area (Å²) in [5.74, 6) is -1.24. The zero-order chi connectivity index (χ0) is 29.8. The van der Waals surface area contributed by atoms with Gasteiger partial charge in [-0.05, 0) is 106 Å². The van der Waals surface area contributed by atoms with Crippen molar-refractivity contribution in [3.63, 3.8) is 0 Å². The molecule has 2 aliphatic rings. The first-order chi connectivity index (χ1) is 19.3. The highest BCUT2D eigenvalue weighted by molar-refractivity contribution is 6.42.